The van der Waals surface area contributed by atoms with Gasteiger partial charge >= 0.3 is 0 Å². The molecular formula is C14H18O4S. The molecule has 0 saturated carbocycles. The van der Waals surface area contributed by atoms with Gasteiger partial charge in [-0.15, -0.1) is 0 Å². The normalized spacial score (nSPS) is 12.9. The van der Waals surface area contributed by atoms with Crippen LogP contribution in [-0.2, 0) is 19.4 Å². The van der Waals surface area contributed by atoms with Gasteiger partial charge in [0.05, 0.1) is 10.1 Å². The molecule has 0 saturated heterocycles. The molecule has 1 unspecified atom stereocenters. The summed E-state index contributed by atoms with van der Waals surface area (Å²) in [6.07, 6.45) is 0.306. The highest BCUT2D eigenvalue weighted by molar-refractivity contribution is 7.92. The van der Waals surface area contributed by atoms with Gasteiger partial charge in [-0.3, -0.25) is 4.79 Å². The molecule has 0 fully saturated rings. The first-order valence-corrected chi connectivity index (χ1v) is 7.66. The van der Waals surface area contributed by atoms with E-state index < -0.39 is 15.1 Å². The fraction of sp³-hybridized carbons (Fsp3) is 0.429. The largest absolute Gasteiger partial charge is 0.300 e. The van der Waals surface area contributed by atoms with Crippen LogP contribution in [0.3, 0.4) is 0 Å². The van der Waals surface area contributed by atoms with Gasteiger partial charge in [0, 0.05) is 12.8 Å². The summed E-state index contributed by atoms with van der Waals surface area (Å²) in [7, 11) is -3.56. The molecule has 0 amide bonds. The molecule has 104 valence electrons. The van der Waals surface area contributed by atoms with Gasteiger partial charge < -0.3 is 4.79 Å². The molecule has 0 N–H and O–H groups in total. The van der Waals surface area contributed by atoms with Crippen LogP contribution in [0, 0.1) is 0 Å². The zero-order chi connectivity index (χ0) is 14.5. The molecule has 1 atom stereocenters. The molecule has 1 aromatic carbocycles. The molecule has 0 heterocycles. The summed E-state index contributed by atoms with van der Waals surface area (Å²) in [5.41, 5.74) is 0. The van der Waals surface area contributed by atoms with Gasteiger partial charge in [0.1, 0.15) is 11.6 Å². The molecule has 19 heavy (non-hydrogen) atoms. The SMILES string of the molecule is CC(=O)CCC(CC(C)=O)S(=O)(=O)c1ccccc1. The molecule has 0 aromatic heterocycles. The first-order chi connectivity index (χ1) is 8.84. The summed E-state index contributed by atoms with van der Waals surface area (Å²) in [6, 6.07) is 8.03. The fourth-order valence-corrected chi connectivity index (χ4v) is 3.66. The van der Waals surface area contributed by atoms with Crippen molar-refractivity contribution in [2.24, 2.45) is 0 Å². The summed E-state index contributed by atoms with van der Waals surface area (Å²) >= 11 is 0. The van der Waals surface area contributed by atoms with Crippen molar-refractivity contribution in [2.75, 3.05) is 0 Å². The van der Waals surface area contributed by atoms with Crippen LogP contribution in [0.4, 0.5) is 0 Å². The van der Waals surface area contributed by atoms with Crippen LogP contribution in [0.15, 0.2) is 35.2 Å². The van der Waals surface area contributed by atoms with E-state index in [0.717, 1.165) is 0 Å². The second-order valence-electron chi connectivity index (χ2n) is 4.63. The van der Waals surface area contributed by atoms with Crippen molar-refractivity contribution >= 4 is 21.4 Å². The van der Waals surface area contributed by atoms with Gasteiger partial charge in [-0.1, -0.05) is 18.2 Å². The van der Waals surface area contributed by atoms with Crippen LogP contribution >= 0.6 is 0 Å². The average Bonchev–Trinajstić information content (AvgIpc) is 2.34. The molecule has 4 nitrogen and oxygen atoms in total. The third-order valence-electron chi connectivity index (χ3n) is 2.84. The van der Waals surface area contributed by atoms with Gasteiger partial charge in [-0.2, -0.15) is 0 Å². The van der Waals surface area contributed by atoms with Gasteiger partial charge in [0.15, 0.2) is 9.84 Å². The van der Waals surface area contributed by atoms with E-state index in [0.29, 0.717) is 0 Å². The number of Topliss-reactive ketones (excluding diaryl/α,β-unsaturated/α-hetero) is 2. The van der Waals surface area contributed by atoms with E-state index in [1.54, 1.807) is 18.2 Å². The molecule has 5 heteroatoms. The Balaban J connectivity index is 3.02. The molecule has 1 aromatic rings. The van der Waals surface area contributed by atoms with Crippen LogP contribution in [-0.4, -0.2) is 25.2 Å². The van der Waals surface area contributed by atoms with Crippen LogP contribution < -0.4 is 0 Å². The highest BCUT2D eigenvalue weighted by Crippen LogP contribution is 2.22. The summed E-state index contributed by atoms with van der Waals surface area (Å²) in [4.78, 5) is 22.4. The average molecular weight is 282 g/mol. The van der Waals surface area contributed by atoms with Crippen molar-refractivity contribution in [1.82, 2.24) is 0 Å². The summed E-state index contributed by atoms with van der Waals surface area (Å²) in [6.45, 7) is 2.78. The minimum Gasteiger partial charge on any atom is -0.300 e. The van der Waals surface area contributed by atoms with Gasteiger partial charge in [0.2, 0.25) is 0 Å². The smallest absolute Gasteiger partial charge is 0.181 e. The Kier molecular flexibility index (Phi) is 5.42. The number of ketones is 2. The van der Waals surface area contributed by atoms with Crippen molar-refractivity contribution in [3.8, 4) is 0 Å². The Morgan fingerprint density at radius 3 is 2.11 bits per heavy atom. The van der Waals surface area contributed by atoms with E-state index in [1.807, 2.05) is 0 Å². The van der Waals surface area contributed by atoms with Gasteiger partial charge in [-0.25, -0.2) is 8.42 Å². The Hall–Kier alpha value is -1.49. The second-order valence-corrected chi connectivity index (χ2v) is 6.85. The quantitative estimate of drug-likeness (QED) is 0.768. The predicted molar refractivity (Wildman–Crippen MR) is 72.6 cm³/mol. The molecule has 0 aliphatic carbocycles. The molecule has 0 radical (unpaired) electrons. The van der Waals surface area contributed by atoms with Gasteiger partial charge in [-0.05, 0) is 32.4 Å². The minimum atomic E-state index is -3.56. The van der Waals surface area contributed by atoms with E-state index in [1.165, 1.54) is 26.0 Å². The zero-order valence-electron chi connectivity index (χ0n) is 11.1. The van der Waals surface area contributed by atoms with Crippen molar-refractivity contribution < 1.29 is 18.0 Å². The second kappa shape index (κ2) is 6.61. The number of sulfone groups is 1. The summed E-state index contributed by atoms with van der Waals surface area (Å²) < 4.78 is 24.8. The summed E-state index contributed by atoms with van der Waals surface area (Å²) in [5.74, 6) is -0.259. The molecule has 0 spiro atoms. The lowest BCUT2D eigenvalue weighted by Crippen LogP contribution is -2.24. The monoisotopic (exact) mass is 282 g/mol. The lowest BCUT2D eigenvalue weighted by atomic mass is 10.1. The molecule has 0 bridgehead atoms. The van der Waals surface area contributed by atoms with Crippen LogP contribution in [0.5, 0.6) is 0 Å². The van der Waals surface area contributed by atoms with E-state index in [4.69, 9.17) is 0 Å². The molecule has 0 aliphatic rings. The van der Waals surface area contributed by atoms with Crippen LogP contribution in [0.25, 0.3) is 0 Å². The van der Waals surface area contributed by atoms with Crippen molar-refractivity contribution in [1.29, 1.82) is 0 Å². The topological polar surface area (TPSA) is 68.3 Å². The van der Waals surface area contributed by atoms with Gasteiger partial charge in [0.25, 0.3) is 0 Å². The number of hydrogen-bond acceptors (Lipinski definition) is 4. The van der Waals surface area contributed by atoms with Crippen molar-refractivity contribution in [2.45, 2.75) is 43.3 Å². The molecular weight excluding hydrogens is 264 g/mol. The Labute approximate surface area is 113 Å². The number of carbonyl (C=O) groups is 2. The number of carbonyl (C=O) groups excluding carboxylic acids is 2. The summed E-state index contributed by atoms with van der Waals surface area (Å²) in [5, 5.41) is -0.823. The van der Waals surface area contributed by atoms with E-state index in [9.17, 15) is 18.0 Å². The standard InChI is InChI=1S/C14H18O4S/c1-11(15)8-9-14(10-12(2)16)19(17,18)13-6-4-3-5-7-13/h3-7,14H,8-10H2,1-2H3. The maximum absolute atomic E-state index is 12.4. The molecule has 0 aliphatic heterocycles. The minimum absolute atomic E-state index is 0.0511. The lowest BCUT2D eigenvalue weighted by molar-refractivity contribution is -0.118. The predicted octanol–water partition coefficient (Wildman–Crippen LogP) is 2.18. The zero-order valence-corrected chi connectivity index (χ0v) is 11.9. The van der Waals surface area contributed by atoms with Crippen molar-refractivity contribution in [3.05, 3.63) is 30.3 Å². The Morgan fingerprint density at radius 2 is 1.63 bits per heavy atom. The number of rotatable bonds is 7. The van der Waals surface area contributed by atoms with E-state index in [-0.39, 0.29) is 35.7 Å². The highest BCUT2D eigenvalue weighted by Gasteiger charge is 2.28. The Morgan fingerprint density at radius 1 is 1.05 bits per heavy atom. The number of hydrogen-bond donors (Lipinski definition) is 0. The third kappa shape index (κ3) is 4.59. The van der Waals surface area contributed by atoms with Crippen LogP contribution in [0.1, 0.15) is 33.1 Å². The number of benzene rings is 1. The fourth-order valence-electron chi connectivity index (χ4n) is 1.85. The molecule has 1 rings (SSSR count). The highest BCUT2D eigenvalue weighted by atomic mass is 32.2. The first kappa shape index (κ1) is 15.6. The first-order valence-electron chi connectivity index (χ1n) is 6.12. The lowest BCUT2D eigenvalue weighted by Gasteiger charge is -2.15. The van der Waals surface area contributed by atoms with Crippen LogP contribution in [0.2, 0.25) is 0 Å². The van der Waals surface area contributed by atoms with E-state index >= 15 is 0 Å². The van der Waals surface area contributed by atoms with Crippen molar-refractivity contribution in [3.63, 3.8) is 0 Å². The maximum atomic E-state index is 12.4. The Bertz CT molecular complexity index is 546. The van der Waals surface area contributed by atoms with E-state index in [2.05, 4.69) is 0 Å². The maximum Gasteiger partial charge on any atom is 0.181 e. The third-order valence-corrected chi connectivity index (χ3v) is 5.05.